The summed E-state index contributed by atoms with van der Waals surface area (Å²) in [5, 5.41) is 10.2. The van der Waals surface area contributed by atoms with Gasteiger partial charge in [0.1, 0.15) is 0 Å². The second-order valence-electron chi connectivity index (χ2n) is 4.70. The standard InChI is InChI=1S/C14H19N3O2/c18-17(19)13-12-16-10-8-15(9-11-16)7-6-14-4-2-1-3-5-14/h1-5,12-13H,6-11H2/b13-12+. The van der Waals surface area contributed by atoms with Gasteiger partial charge in [0, 0.05) is 32.7 Å². The average molecular weight is 261 g/mol. The lowest BCUT2D eigenvalue weighted by molar-refractivity contribution is -0.403. The van der Waals surface area contributed by atoms with E-state index >= 15 is 0 Å². The van der Waals surface area contributed by atoms with Gasteiger partial charge in [0.05, 0.1) is 11.1 Å². The first-order valence-electron chi connectivity index (χ1n) is 6.56. The Morgan fingerprint density at radius 1 is 1.16 bits per heavy atom. The first-order valence-corrected chi connectivity index (χ1v) is 6.56. The van der Waals surface area contributed by atoms with Crippen LogP contribution in [0.5, 0.6) is 0 Å². The van der Waals surface area contributed by atoms with Crippen LogP contribution in [-0.2, 0) is 6.42 Å². The molecule has 1 aromatic carbocycles. The molecule has 2 rings (SSSR count). The Bertz CT molecular complexity index is 426. The number of rotatable bonds is 5. The lowest BCUT2D eigenvalue weighted by Gasteiger charge is -2.33. The number of hydrogen-bond acceptors (Lipinski definition) is 4. The van der Waals surface area contributed by atoms with Gasteiger partial charge in [-0.1, -0.05) is 30.3 Å². The fourth-order valence-corrected chi connectivity index (χ4v) is 2.22. The third-order valence-corrected chi connectivity index (χ3v) is 3.37. The molecule has 1 aromatic rings. The zero-order valence-corrected chi connectivity index (χ0v) is 10.9. The molecule has 0 aromatic heterocycles. The van der Waals surface area contributed by atoms with Crippen molar-refractivity contribution in [3.05, 3.63) is 58.4 Å². The van der Waals surface area contributed by atoms with E-state index in [1.165, 1.54) is 5.56 Å². The van der Waals surface area contributed by atoms with Crippen molar-refractivity contribution in [1.82, 2.24) is 9.80 Å². The fourth-order valence-electron chi connectivity index (χ4n) is 2.22. The van der Waals surface area contributed by atoms with Crippen molar-refractivity contribution in [3.8, 4) is 0 Å². The molecule has 19 heavy (non-hydrogen) atoms. The summed E-state index contributed by atoms with van der Waals surface area (Å²) in [4.78, 5) is 14.2. The number of piperazine rings is 1. The van der Waals surface area contributed by atoms with Crippen LogP contribution in [0.25, 0.3) is 0 Å². The Morgan fingerprint density at radius 3 is 2.47 bits per heavy atom. The molecule has 5 heteroatoms. The van der Waals surface area contributed by atoms with Crippen molar-refractivity contribution < 1.29 is 4.92 Å². The third-order valence-electron chi connectivity index (χ3n) is 3.37. The highest BCUT2D eigenvalue weighted by Gasteiger charge is 2.14. The molecule has 1 aliphatic rings. The highest BCUT2D eigenvalue weighted by Crippen LogP contribution is 2.05. The third kappa shape index (κ3) is 4.71. The Labute approximate surface area is 113 Å². The smallest absolute Gasteiger partial charge is 0.250 e. The predicted octanol–water partition coefficient (Wildman–Crippen LogP) is 1.59. The Balaban J connectivity index is 1.70. The molecule has 0 atom stereocenters. The topological polar surface area (TPSA) is 49.6 Å². The molecule has 0 amide bonds. The zero-order valence-electron chi connectivity index (χ0n) is 10.9. The maximum atomic E-state index is 10.2. The van der Waals surface area contributed by atoms with Gasteiger partial charge in [0.25, 0.3) is 0 Å². The van der Waals surface area contributed by atoms with Crippen molar-refractivity contribution in [3.63, 3.8) is 0 Å². The zero-order chi connectivity index (χ0) is 13.5. The summed E-state index contributed by atoms with van der Waals surface area (Å²) in [6.07, 6.45) is 3.65. The average Bonchev–Trinajstić information content (AvgIpc) is 2.45. The van der Waals surface area contributed by atoms with E-state index in [1.54, 1.807) is 6.20 Å². The molecule has 0 spiro atoms. The molecule has 0 N–H and O–H groups in total. The van der Waals surface area contributed by atoms with E-state index in [-0.39, 0.29) is 0 Å². The molecular formula is C14H19N3O2. The Kier molecular flexibility index (Phi) is 4.92. The van der Waals surface area contributed by atoms with Crippen LogP contribution in [0.2, 0.25) is 0 Å². The van der Waals surface area contributed by atoms with Crippen molar-refractivity contribution in [2.75, 3.05) is 32.7 Å². The van der Waals surface area contributed by atoms with Crippen LogP contribution < -0.4 is 0 Å². The van der Waals surface area contributed by atoms with Gasteiger partial charge in [-0.25, -0.2) is 0 Å². The Hall–Kier alpha value is -1.88. The fraction of sp³-hybridized carbons (Fsp3) is 0.429. The van der Waals surface area contributed by atoms with Gasteiger partial charge >= 0.3 is 0 Å². The van der Waals surface area contributed by atoms with Crippen LogP contribution in [0.1, 0.15) is 5.56 Å². The minimum atomic E-state index is -0.415. The molecule has 0 bridgehead atoms. The summed E-state index contributed by atoms with van der Waals surface area (Å²) >= 11 is 0. The molecule has 1 heterocycles. The largest absolute Gasteiger partial charge is 0.370 e. The van der Waals surface area contributed by atoms with E-state index in [1.807, 2.05) is 11.0 Å². The Morgan fingerprint density at radius 2 is 1.84 bits per heavy atom. The molecule has 0 aliphatic carbocycles. The first kappa shape index (κ1) is 13.5. The maximum Gasteiger partial charge on any atom is 0.250 e. The highest BCUT2D eigenvalue weighted by molar-refractivity contribution is 5.14. The molecule has 0 unspecified atom stereocenters. The molecule has 0 radical (unpaired) electrons. The molecule has 102 valence electrons. The lowest BCUT2D eigenvalue weighted by atomic mass is 10.1. The van der Waals surface area contributed by atoms with Crippen molar-refractivity contribution in [1.29, 1.82) is 0 Å². The summed E-state index contributed by atoms with van der Waals surface area (Å²) in [5.41, 5.74) is 1.36. The quantitative estimate of drug-likeness (QED) is 0.596. The highest BCUT2D eigenvalue weighted by atomic mass is 16.6. The number of nitrogens with zero attached hydrogens (tertiary/aromatic N) is 3. The number of benzene rings is 1. The summed E-state index contributed by atoms with van der Waals surface area (Å²) in [6.45, 7) is 4.71. The van der Waals surface area contributed by atoms with Crippen LogP contribution in [0, 0.1) is 10.1 Å². The first-order chi connectivity index (χ1) is 9.24. The molecule has 1 fully saturated rings. The van der Waals surface area contributed by atoms with E-state index in [0.29, 0.717) is 0 Å². The summed E-state index contributed by atoms with van der Waals surface area (Å²) < 4.78 is 0. The number of nitro groups is 1. The van der Waals surface area contributed by atoms with E-state index in [4.69, 9.17) is 0 Å². The van der Waals surface area contributed by atoms with Crippen molar-refractivity contribution in [2.45, 2.75) is 6.42 Å². The second-order valence-corrected chi connectivity index (χ2v) is 4.70. The van der Waals surface area contributed by atoms with E-state index < -0.39 is 4.92 Å². The number of hydrogen-bond donors (Lipinski definition) is 0. The van der Waals surface area contributed by atoms with Gasteiger partial charge in [-0.15, -0.1) is 0 Å². The van der Waals surface area contributed by atoms with Gasteiger partial charge in [-0.3, -0.25) is 15.0 Å². The molecule has 0 saturated carbocycles. The van der Waals surface area contributed by atoms with Gasteiger partial charge in [-0.05, 0) is 12.0 Å². The van der Waals surface area contributed by atoms with Crippen molar-refractivity contribution >= 4 is 0 Å². The van der Waals surface area contributed by atoms with Crippen LogP contribution in [0.15, 0.2) is 42.7 Å². The van der Waals surface area contributed by atoms with Crippen LogP contribution >= 0.6 is 0 Å². The van der Waals surface area contributed by atoms with E-state index in [9.17, 15) is 10.1 Å². The molecular weight excluding hydrogens is 242 g/mol. The summed E-state index contributed by atoms with van der Waals surface area (Å²) in [5.74, 6) is 0. The van der Waals surface area contributed by atoms with E-state index in [0.717, 1.165) is 45.3 Å². The minimum Gasteiger partial charge on any atom is -0.370 e. The van der Waals surface area contributed by atoms with Crippen LogP contribution in [0.3, 0.4) is 0 Å². The molecule has 1 aliphatic heterocycles. The van der Waals surface area contributed by atoms with Crippen molar-refractivity contribution in [2.24, 2.45) is 0 Å². The van der Waals surface area contributed by atoms with Gasteiger partial charge in [0.2, 0.25) is 6.20 Å². The second kappa shape index (κ2) is 6.89. The van der Waals surface area contributed by atoms with Crippen LogP contribution in [-0.4, -0.2) is 47.4 Å². The lowest BCUT2D eigenvalue weighted by Crippen LogP contribution is -2.44. The van der Waals surface area contributed by atoms with Gasteiger partial charge in [0.15, 0.2) is 0 Å². The molecule has 5 nitrogen and oxygen atoms in total. The van der Waals surface area contributed by atoms with Crippen LogP contribution in [0.4, 0.5) is 0 Å². The van der Waals surface area contributed by atoms with E-state index in [2.05, 4.69) is 29.2 Å². The maximum absolute atomic E-state index is 10.2. The minimum absolute atomic E-state index is 0.415. The molecule has 1 saturated heterocycles. The van der Waals surface area contributed by atoms with Gasteiger partial charge < -0.3 is 4.90 Å². The predicted molar refractivity (Wildman–Crippen MR) is 74.3 cm³/mol. The normalized spacial score (nSPS) is 16.9. The SMILES string of the molecule is O=[N+]([O-])/C=C/N1CCN(CCc2ccccc2)CC1. The monoisotopic (exact) mass is 261 g/mol. The summed E-state index contributed by atoms with van der Waals surface area (Å²) in [6, 6.07) is 10.5. The van der Waals surface area contributed by atoms with Gasteiger partial charge in [-0.2, -0.15) is 0 Å². The summed E-state index contributed by atoms with van der Waals surface area (Å²) in [7, 11) is 0.